The quantitative estimate of drug-likeness (QED) is 0.679. The monoisotopic (exact) mass is 340 g/mol. The maximum atomic E-state index is 14.1. The third-order valence-corrected chi connectivity index (χ3v) is 4.06. The largest absolute Gasteiger partial charge is 0.398 e. The van der Waals surface area contributed by atoms with Crippen molar-refractivity contribution in [1.29, 1.82) is 10.5 Å². The number of hydrogen-bond acceptors (Lipinski definition) is 4. The molecule has 0 aliphatic rings. The van der Waals surface area contributed by atoms with Crippen LogP contribution in [-0.2, 0) is 0 Å². The van der Waals surface area contributed by atoms with Crippen LogP contribution in [0.1, 0.15) is 17.0 Å². The van der Waals surface area contributed by atoms with Crippen LogP contribution in [0.5, 0.6) is 0 Å². The molecule has 118 valence electrons. The van der Waals surface area contributed by atoms with E-state index in [0.717, 1.165) is 6.07 Å². The summed E-state index contributed by atoms with van der Waals surface area (Å²) in [5.41, 5.74) is -0.0784. The van der Waals surface area contributed by atoms with Crippen molar-refractivity contribution in [1.82, 2.24) is 9.97 Å². The number of imidazole rings is 1. The summed E-state index contributed by atoms with van der Waals surface area (Å²) in [6.45, 7) is 1.50. The third kappa shape index (κ3) is 3.82. The van der Waals surface area contributed by atoms with Crippen LogP contribution in [0.15, 0.2) is 17.0 Å². The molecule has 4 nitrogen and oxygen atoms in total. The van der Waals surface area contributed by atoms with Gasteiger partial charge < -0.3 is 4.98 Å². The molecule has 0 aliphatic carbocycles. The van der Waals surface area contributed by atoms with E-state index >= 15 is 0 Å². The molecule has 0 radical (unpaired) electrons. The van der Waals surface area contributed by atoms with Gasteiger partial charge in [0.2, 0.25) is 0 Å². The molecule has 1 N–H and O–H groups in total. The number of aromatic amines is 1. The van der Waals surface area contributed by atoms with Gasteiger partial charge in [0, 0.05) is 4.90 Å². The second-order valence-electron chi connectivity index (χ2n) is 4.53. The topological polar surface area (TPSA) is 76.3 Å². The average Bonchev–Trinajstić information content (AvgIpc) is 2.88. The van der Waals surface area contributed by atoms with E-state index in [-0.39, 0.29) is 27.7 Å². The fraction of sp³-hybridized carbons (Fsp3) is 0.214. The number of nitrogens with zero attached hydrogens (tertiary/aromatic N) is 3. The number of benzene rings is 1. The number of H-pyrrole nitrogens is 1. The number of thioether (sulfide) groups is 1. The second kappa shape index (κ2) is 6.31. The Kier molecular flexibility index (Phi) is 4.62. The number of aryl methyl sites for hydroxylation is 1. The van der Waals surface area contributed by atoms with Gasteiger partial charge in [0.05, 0.1) is 11.3 Å². The Balaban J connectivity index is 2.45. The Morgan fingerprint density at radius 3 is 2.48 bits per heavy atom. The van der Waals surface area contributed by atoms with Crippen molar-refractivity contribution in [3.63, 3.8) is 0 Å². The van der Waals surface area contributed by atoms with E-state index in [0.29, 0.717) is 17.3 Å². The molecule has 0 fully saturated rings. The molecular formula is C14H8F4N4S. The molecule has 0 saturated carbocycles. The van der Waals surface area contributed by atoms with E-state index in [4.69, 9.17) is 10.5 Å². The SMILES string of the molecule is Cc1cc(F)c(-c2nc(C#N)c(C#N)[nH]2)cc1SCC(F)(F)F. The van der Waals surface area contributed by atoms with Crippen molar-refractivity contribution in [3.8, 4) is 23.5 Å². The molecule has 0 saturated heterocycles. The molecule has 9 heteroatoms. The fourth-order valence-corrected chi connectivity index (χ4v) is 2.62. The first-order valence-electron chi connectivity index (χ1n) is 6.15. The highest BCUT2D eigenvalue weighted by atomic mass is 32.2. The minimum atomic E-state index is -4.35. The second-order valence-corrected chi connectivity index (χ2v) is 5.55. The Bertz CT molecular complexity index is 796. The lowest BCUT2D eigenvalue weighted by atomic mass is 10.1. The minimum Gasteiger partial charge on any atom is -0.329 e. The number of halogens is 4. The summed E-state index contributed by atoms with van der Waals surface area (Å²) in [4.78, 5) is 6.53. The van der Waals surface area contributed by atoms with Crippen LogP contribution in [0.2, 0.25) is 0 Å². The first-order chi connectivity index (χ1) is 10.7. The molecule has 2 rings (SSSR count). The van der Waals surface area contributed by atoms with E-state index in [9.17, 15) is 17.6 Å². The van der Waals surface area contributed by atoms with E-state index in [2.05, 4.69) is 9.97 Å². The van der Waals surface area contributed by atoms with Gasteiger partial charge in [0.1, 0.15) is 23.8 Å². The molecule has 23 heavy (non-hydrogen) atoms. The highest BCUT2D eigenvalue weighted by Crippen LogP contribution is 2.33. The van der Waals surface area contributed by atoms with Gasteiger partial charge in [0.25, 0.3) is 0 Å². The minimum absolute atomic E-state index is 0.0792. The predicted octanol–water partition coefficient (Wildman–Crippen LogP) is 3.92. The Labute approximate surface area is 132 Å². The summed E-state index contributed by atoms with van der Waals surface area (Å²) in [5.74, 6) is -1.89. The lowest BCUT2D eigenvalue weighted by molar-refractivity contribution is -0.105. The molecule has 1 aromatic carbocycles. The van der Waals surface area contributed by atoms with Gasteiger partial charge in [-0.1, -0.05) is 0 Å². The molecule has 1 heterocycles. The van der Waals surface area contributed by atoms with Crippen LogP contribution >= 0.6 is 11.8 Å². The fourth-order valence-electron chi connectivity index (χ4n) is 1.81. The highest BCUT2D eigenvalue weighted by Gasteiger charge is 2.28. The van der Waals surface area contributed by atoms with Crippen molar-refractivity contribution in [3.05, 3.63) is 34.9 Å². The summed E-state index contributed by atoms with van der Waals surface area (Å²) < 4.78 is 51.1. The van der Waals surface area contributed by atoms with Crippen LogP contribution < -0.4 is 0 Å². The zero-order valence-electron chi connectivity index (χ0n) is 11.6. The van der Waals surface area contributed by atoms with Crippen LogP contribution in [0.3, 0.4) is 0 Å². The van der Waals surface area contributed by atoms with Crippen molar-refractivity contribution >= 4 is 11.8 Å². The Morgan fingerprint density at radius 2 is 1.96 bits per heavy atom. The first-order valence-corrected chi connectivity index (χ1v) is 7.14. The number of aromatic nitrogens is 2. The van der Waals surface area contributed by atoms with Gasteiger partial charge in [-0.05, 0) is 24.6 Å². The summed E-state index contributed by atoms with van der Waals surface area (Å²) in [5, 5.41) is 17.7. The van der Waals surface area contributed by atoms with E-state index in [1.54, 1.807) is 12.1 Å². The first kappa shape index (κ1) is 16.8. The Morgan fingerprint density at radius 1 is 1.26 bits per heavy atom. The van der Waals surface area contributed by atoms with Gasteiger partial charge >= 0.3 is 6.18 Å². The van der Waals surface area contributed by atoms with Crippen LogP contribution in [0.4, 0.5) is 17.6 Å². The molecule has 0 spiro atoms. The van der Waals surface area contributed by atoms with E-state index < -0.39 is 17.7 Å². The van der Waals surface area contributed by atoms with Gasteiger partial charge in [-0.3, -0.25) is 0 Å². The van der Waals surface area contributed by atoms with Gasteiger partial charge in [-0.25, -0.2) is 9.37 Å². The lowest BCUT2D eigenvalue weighted by Crippen LogP contribution is -2.10. The molecule has 0 atom stereocenters. The molecule has 0 aliphatic heterocycles. The van der Waals surface area contributed by atoms with Crippen LogP contribution in [0, 0.1) is 35.4 Å². The smallest absolute Gasteiger partial charge is 0.329 e. The van der Waals surface area contributed by atoms with Gasteiger partial charge in [-0.2, -0.15) is 23.7 Å². The molecule has 0 amide bonds. The van der Waals surface area contributed by atoms with Crippen LogP contribution in [0.25, 0.3) is 11.4 Å². The standard InChI is InChI=1S/C14H8F4N4S/c1-7-2-9(15)8(3-12(7)23-6-14(16,17)18)13-21-10(4-19)11(5-20)22-13/h2-3H,6H2,1H3,(H,21,22). The summed E-state index contributed by atoms with van der Waals surface area (Å²) in [6.07, 6.45) is -4.35. The molecule has 2 aromatic rings. The maximum absolute atomic E-state index is 14.1. The summed E-state index contributed by atoms with van der Waals surface area (Å²) in [7, 11) is 0. The van der Waals surface area contributed by atoms with Gasteiger partial charge in [-0.15, -0.1) is 11.8 Å². The molecule has 0 bridgehead atoms. The number of alkyl halides is 3. The lowest BCUT2D eigenvalue weighted by Gasteiger charge is -2.10. The Hall–Kier alpha value is -2.52. The zero-order valence-corrected chi connectivity index (χ0v) is 12.4. The number of hydrogen-bond donors (Lipinski definition) is 1. The molecule has 1 aromatic heterocycles. The molecular weight excluding hydrogens is 332 g/mol. The molecule has 0 unspecified atom stereocenters. The van der Waals surface area contributed by atoms with Crippen molar-refractivity contribution in [2.75, 3.05) is 5.75 Å². The van der Waals surface area contributed by atoms with E-state index in [1.165, 1.54) is 13.0 Å². The summed E-state index contributed by atoms with van der Waals surface area (Å²) in [6, 6.07) is 5.71. The van der Waals surface area contributed by atoms with Crippen molar-refractivity contribution < 1.29 is 17.6 Å². The predicted molar refractivity (Wildman–Crippen MR) is 74.9 cm³/mol. The number of nitrogens with one attached hydrogen (secondary N) is 1. The highest BCUT2D eigenvalue weighted by molar-refractivity contribution is 7.99. The van der Waals surface area contributed by atoms with E-state index in [1.807, 2.05) is 0 Å². The third-order valence-electron chi connectivity index (χ3n) is 2.83. The van der Waals surface area contributed by atoms with Gasteiger partial charge in [0.15, 0.2) is 11.4 Å². The van der Waals surface area contributed by atoms with Crippen molar-refractivity contribution in [2.45, 2.75) is 18.0 Å². The number of rotatable bonds is 3. The maximum Gasteiger partial charge on any atom is 0.398 e. The van der Waals surface area contributed by atoms with Crippen LogP contribution in [-0.4, -0.2) is 21.9 Å². The number of nitriles is 2. The average molecular weight is 340 g/mol. The zero-order chi connectivity index (χ0) is 17.2. The summed E-state index contributed by atoms with van der Waals surface area (Å²) >= 11 is 0.531. The van der Waals surface area contributed by atoms with Crippen molar-refractivity contribution in [2.24, 2.45) is 0 Å². The normalized spacial score (nSPS) is 11.1.